The van der Waals surface area contributed by atoms with Crippen molar-refractivity contribution in [3.05, 3.63) is 95.6 Å². The van der Waals surface area contributed by atoms with Crippen LogP contribution in [0.2, 0.25) is 0 Å². The summed E-state index contributed by atoms with van der Waals surface area (Å²) in [6.07, 6.45) is 5.03. The lowest BCUT2D eigenvalue weighted by Gasteiger charge is -2.27. The molecule has 0 unspecified atom stereocenters. The van der Waals surface area contributed by atoms with Gasteiger partial charge in [-0.2, -0.15) is 0 Å². The second-order valence-electron chi connectivity index (χ2n) is 6.84. The summed E-state index contributed by atoms with van der Waals surface area (Å²) in [6.45, 7) is 2.29. The van der Waals surface area contributed by atoms with E-state index in [1.165, 1.54) is 30.7 Å². The molecule has 3 aromatic rings. The van der Waals surface area contributed by atoms with Crippen molar-refractivity contribution in [3.8, 4) is 0 Å². The average molecular weight is 331 g/mol. The smallest absolute Gasteiger partial charge is 0.0620 e. The molecule has 0 nitrogen and oxygen atoms in total. The van der Waals surface area contributed by atoms with E-state index >= 15 is 0 Å². The topological polar surface area (TPSA) is 0 Å². The Morgan fingerprint density at radius 2 is 1.33 bits per heavy atom. The zero-order valence-corrected chi connectivity index (χ0v) is 15.2. The van der Waals surface area contributed by atoms with E-state index in [-0.39, 0.29) is 0 Å². The van der Waals surface area contributed by atoms with Gasteiger partial charge in [-0.05, 0) is 60.7 Å². The molecule has 0 atom stereocenters. The van der Waals surface area contributed by atoms with Crippen molar-refractivity contribution in [2.75, 3.05) is 6.16 Å². The van der Waals surface area contributed by atoms with Crippen LogP contribution in [0.5, 0.6) is 0 Å². The summed E-state index contributed by atoms with van der Waals surface area (Å²) in [7, 11) is -1.40. The normalized spacial score (nSPS) is 16.2. The number of aryl methyl sites for hydroxylation is 2. The number of rotatable bonds is 2. The summed E-state index contributed by atoms with van der Waals surface area (Å²) in [4.78, 5) is 0. The van der Waals surface area contributed by atoms with Crippen molar-refractivity contribution in [2.45, 2.75) is 25.9 Å². The van der Waals surface area contributed by atoms with Crippen LogP contribution in [-0.2, 0) is 12.6 Å². The first-order valence-corrected chi connectivity index (χ1v) is 11.0. The third-order valence-electron chi connectivity index (χ3n) is 5.42. The third kappa shape index (κ3) is 2.70. The molecular formula is C23H24P+. The number of benzene rings is 3. The summed E-state index contributed by atoms with van der Waals surface area (Å²) in [5.74, 6) is 0. The monoisotopic (exact) mass is 331 g/mol. The lowest BCUT2D eigenvalue weighted by Crippen LogP contribution is -2.26. The zero-order valence-electron chi connectivity index (χ0n) is 14.3. The Bertz CT molecular complexity index is 782. The predicted molar refractivity (Wildman–Crippen MR) is 107 cm³/mol. The summed E-state index contributed by atoms with van der Waals surface area (Å²) in [5, 5.41) is 3.12. The molecule has 1 heterocycles. The molecule has 3 aromatic carbocycles. The Morgan fingerprint density at radius 3 is 1.96 bits per heavy atom. The van der Waals surface area contributed by atoms with Crippen LogP contribution in [-0.4, -0.2) is 6.16 Å². The first-order valence-electron chi connectivity index (χ1n) is 8.85. The molecule has 0 spiro atoms. The van der Waals surface area contributed by atoms with Crippen molar-refractivity contribution >= 4 is 17.9 Å². The quantitative estimate of drug-likeness (QED) is 0.573. The van der Waals surface area contributed by atoms with Gasteiger partial charge in [-0.15, -0.1) is 0 Å². The molecule has 1 aliphatic rings. The minimum Gasteiger partial charge on any atom is -0.0620 e. The Hall–Kier alpha value is -1.91. The van der Waals surface area contributed by atoms with Crippen molar-refractivity contribution in [1.29, 1.82) is 0 Å². The van der Waals surface area contributed by atoms with Gasteiger partial charge < -0.3 is 0 Å². The van der Waals surface area contributed by atoms with Gasteiger partial charge in [0.25, 0.3) is 0 Å². The van der Waals surface area contributed by atoms with Gasteiger partial charge in [0.2, 0.25) is 0 Å². The molecule has 0 saturated carbocycles. The van der Waals surface area contributed by atoms with Crippen LogP contribution >= 0.6 is 7.26 Å². The fraction of sp³-hybridized carbons (Fsp3) is 0.217. The predicted octanol–water partition coefficient (Wildman–Crippen LogP) is 5.11. The molecule has 1 heteroatoms. The van der Waals surface area contributed by atoms with E-state index < -0.39 is 7.26 Å². The summed E-state index contributed by atoms with van der Waals surface area (Å²) >= 11 is 0. The summed E-state index contributed by atoms with van der Waals surface area (Å²) in [5.41, 5.74) is 4.64. The average Bonchev–Trinajstić information content (AvgIpc) is 2.85. The molecule has 4 rings (SSSR count). The van der Waals surface area contributed by atoms with Crippen molar-refractivity contribution < 1.29 is 0 Å². The summed E-state index contributed by atoms with van der Waals surface area (Å²) in [6, 6.07) is 29.4. The maximum atomic E-state index is 2.37. The van der Waals surface area contributed by atoms with Crippen molar-refractivity contribution in [2.24, 2.45) is 0 Å². The second-order valence-corrected chi connectivity index (χ2v) is 10.6. The van der Waals surface area contributed by atoms with Crippen LogP contribution < -0.4 is 10.6 Å². The standard InChI is InChI=1S/C23H24P/c1-19-10-8-11-20-12-9-17-24(18-23(19)20,21-13-4-2-5-14-21)22-15-6-3-7-16-22/h2-8,10-11,13-16H,9,12,17-18H2,1H3/q+1. The summed E-state index contributed by atoms with van der Waals surface area (Å²) < 4.78 is 0. The minimum atomic E-state index is -1.40. The van der Waals surface area contributed by atoms with Crippen LogP contribution in [0.4, 0.5) is 0 Å². The Kier molecular flexibility index (Phi) is 4.25. The lowest BCUT2D eigenvalue weighted by molar-refractivity contribution is 0.928. The molecule has 24 heavy (non-hydrogen) atoms. The number of hydrogen-bond acceptors (Lipinski definition) is 0. The van der Waals surface area contributed by atoms with Gasteiger partial charge in [-0.25, -0.2) is 0 Å². The van der Waals surface area contributed by atoms with E-state index in [1.54, 1.807) is 21.7 Å². The minimum absolute atomic E-state index is 1.21. The highest BCUT2D eigenvalue weighted by Crippen LogP contribution is 2.61. The van der Waals surface area contributed by atoms with Crippen LogP contribution in [0.25, 0.3) is 0 Å². The van der Waals surface area contributed by atoms with Gasteiger partial charge in [-0.3, -0.25) is 0 Å². The first-order chi connectivity index (χ1) is 11.8. The molecule has 0 amide bonds. The van der Waals surface area contributed by atoms with Crippen LogP contribution in [0.1, 0.15) is 23.1 Å². The lowest BCUT2D eigenvalue weighted by atomic mass is 10.0. The van der Waals surface area contributed by atoms with E-state index in [4.69, 9.17) is 0 Å². The number of hydrogen-bond donors (Lipinski definition) is 0. The van der Waals surface area contributed by atoms with Crippen LogP contribution in [0, 0.1) is 6.92 Å². The molecule has 0 N–H and O–H groups in total. The Balaban J connectivity index is 1.93. The first kappa shape index (κ1) is 15.6. The van der Waals surface area contributed by atoms with E-state index in [1.807, 2.05) is 0 Å². The molecule has 1 aliphatic heterocycles. The molecule has 0 fully saturated rings. The van der Waals surface area contributed by atoms with Gasteiger partial charge in [0.15, 0.2) is 0 Å². The largest absolute Gasteiger partial charge is 0.0995 e. The van der Waals surface area contributed by atoms with Crippen molar-refractivity contribution in [3.63, 3.8) is 0 Å². The van der Waals surface area contributed by atoms with Gasteiger partial charge in [0.05, 0.1) is 30.2 Å². The SMILES string of the molecule is Cc1cccc2c1C[P+](c1ccccc1)(c1ccccc1)CCC2. The molecule has 0 bridgehead atoms. The highest BCUT2D eigenvalue weighted by atomic mass is 31.2. The Morgan fingerprint density at radius 1 is 0.708 bits per heavy atom. The van der Waals surface area contributed by atoms with Gasteiger partial charge >= 0.3 is 0 Å². The number of fused-ring (bicyclic) bond motifs is 1. The van der Waals surface area contributed by atoms with Crippen molar-refractivity contribution in [1.82, 2.24) is 0 Å². The van der Waals surface area contributed by atoms with Gasteiger partial charge in [0.1, 0.15) is 0 Å². The molecule has 0 aromatic heterocycles. The van der Waals surface area contributed by atoms with Crippen LogP contribution in [0.15, 0.2) is 78.9 Å². The second kappa shape index (κ2) is 6.54. The van der Waals surface area contributed by atoms with E-state index in [0.717, 1.165) is 0 Å². The third-order valence-corrected chi connectivity index (χ3v) is 9.93. The van der Waals surface area contributed by atoms with Crippen LogP contribution in [0.3, 0.4) is 0 Å². The molecule has 120 valence electrons. The maximum Gasteiger partial charge on any atom is 0.0995 e. The van der Waals surface area contributed by atoms with E-state index in [2.05, 4.69) is 85.8 Å². The zero-order chi connectivity index (χ0) is 16.4. The van der Waals surface area contributed by atoms with E-state index in [0.29, 0.717) is 0 Å². The Labute approximate surface area is 145 Å². The molecular weight excluding hydrogens is 307 g/mol. The van der Waals surface area contributed by atoms with Gasteiger partial charge in [0, 0.05) is 0 Å². The fourth-order valence-electron chi connectivity index (χ4n) is 4.13. The molecule has 0 radical (unpaired) electrons. The highest BCUT2D eigenvalue weighted by Gasteiger charge is 2.44. The molecule has 0 saturated heterocycles. The highest BCUT2D eigenvalue weighted by molar-refractivity contribution is 7.88. The van der Waals surface area contributed by atoms with E-state index in [9.17, 15) is 0 Å². The fourth-order valence-corrected chi connectivity index (χ4v) is 8.64. The maximum absolute atomic E-state index is 2.37. The molecule has 0 aliphatic carbocycles. The van der Waals surface area contributed by atoms with Gasteiger partial charge in [-0.1, -0.05) is 54.6 Å².